The van der Waals surface area contributed by atoms with Gasteiger partial charge in [0.25, 0.3) is 15.6 Å². The third-order valence-corrected chi connectivity index (χ3v) is 7.29. The van der Waals surface area contributed by atoms with Crippen molar-refractivity contribution in [2.45, 2.75) is 24.5 Å². The minimum atomic E-state index is -3.86. The molecular weight excluding hydrogens is 498 g/mol. The molecule has 0 radical (unpaired) electrons. The number of rotatable bonds is 8. The number of nitrogens with one attached hydrogen (secondary N) is 2. The van der Waals surface area contributed by atoms with Gasteiger partial charge in [0.15, 0.2) is 5.03 Å². The lowest BCUT2D eigenvalue weighted by Crippen LogP contribution is -2.24. The third-order valence-electron chi connectivity index (χ3n) is 5.75. The van der Waals surface area contributed by atoms with Crippen LogP contribution in [0.4, 0.5) is 0 Å². The summed E-state index contributed by atoms with van der Waals surface area (Å²) in [5.41, 5.74) is 3.87. The molecule has 0 bridgehead atoms. The molecule has 0 unspecified atom stereocenters. The number of halogens is 1. The maximum atomic E-state index is 12.9. The number of hydrogen-bond acceptors (Lipinski definition) is 5. The van der Waals surface area contributed by atoms with E-state index in [2.05, 4.69) is 19.9 Å². The number of nitrogens with zero attached hydrogens (tertiary/aromatic N) is 3. The maximum absolute atomic E-state index is 12.9. The molecule has 0 saturated carbocycles. The van der Waals surface area contributed by atoms with Crippen LogP contribution >= 0.6 is 11.6 Å². The largest absolute Gasteiger partial charge is 0.311 e. The van der Waals surface area contributed by atoms with Crippen LogP contribution in [0.2, 0.25) is 5.02 Å². The third kappa shape index (κ3) is 5.38. The topological polar surface area (TPSA) is 110 Å². The molecule has 0 aliphatic heterocycles. The molecule has 0 atom stereocenters. The molecule has 182 valence electrons. The highest BCUT2D eigenvalue weighted by molar-refractivity contribution is 7.89. The fourth-order valence-corrected chi connectivity index (χ4v) is 5.02. The van der Waals surface area contributed by atoms with Gasteiger partial charge < -0.3 is 4.57 Å². The van der Waals surface area contributed by atoms with Crippen molar-refractivity contribution in [2.24, 2.45) is 0 Å². The smallest absolute Gasteiger partial charge is 0.258 e. The van der Waals surface area contributed by atoms with Crippen molar-refractivity contribution in [2.75, 3.05) is 0 Å². The second-order valence-electron chi connectivity index (χ2n) is 8.31. The second kappa shape index (κ2) is 10.1. The Morgan fingerprint density at radius 1 is 0.944 bits per heavy atom. The Bertz CT molecular complexity index is 1700. The van der Waals surface area contributed by atoms with Gasteiger partial charge in [-0.15, -0.1) is 0 Å². The van der Waals surface area contributed by atoms with Gasteiger partial charge in [0.2, 0.25) is 0 Å². The molecule has 3 heterocycles. The number of pyridine rings is 2. The highest BCUT2D eigenvalue weighted by atomic mass is 35.5. The Kier molecular flexibility index (Phi) is 6.69. The van der Waals surface area contributed by atoms with Gasteiger partial charge in [0, 0.05) is 34.8 Å². The number of benzene rings is 2. The Hall–Kier alpha value is -3.79. The first kappa shape index (κ1) is 23.9. The molecular formula is C26H22ClN5O3S. The molecule has 0 saturated heterocycles. The average Bonchev–Trinajstić information content (AvgIpc) is 3.28. The van der Waals surface area contributed by atoms with E-state index in [-0.39, 0.29) is 17.1 Å². The predicted molar refractivity (Wildman–Crippen MR) is 138 cm³/mol. The first-order valence-corrected chi connectivity index (χ1v) is 13.0. The molecule has 2 aromatic carbocycles. The Morgan fingerprint density at radius 2 is 1.75 bits per heavy atom. The SMILES string of the molecule is O=c1ccccn1Cc1ccc(Cc2cccc(S(=O)(=O)NCc3n[nH]c4ccc(Cl)cc34)n2)cc1. The molecule has 36 heavy (non-hydrogen) atoms. The number of aromatic nitrogens is 4. The van der Waals surface area contributed by atoms with Gasteiger partial charge in [-0.1, -0.05) is 48.0 Å². The molecule has 3 aromatic heterocycles. The van der Waals surface area contributed by atoms with Gasteiger partial charge >= 0.3 is 0 Å². The van der Waals surface area contributed by atoms with Crippen molar-refractivity contribution in [1.82, 2.24) is 24.5 Å². The van der Waals surface area contributed by atoms with Gasteiger partial charge in [-0.05, 0) is 47.5 Å². The Morgan fingerprint density at radius 3 is 2.56 bits per heavy atom. The summed E-state index contributed by atoms with van der Waals surface area (Å²) in [6.45, 7) is 0.482. The molecule has 0 aliphatic carbocycles. The van der Waals surface area contributed by atoms with Crippen molar-refractivity contribution in [3.8, 4) is 0 Å². The second-order valence-corrected chi connectivity index (χ2v) is 10.5. The monoisotopic (exact) mass is 519 g/mol. The van der Waals surface area contributed by atoms with E-state index >= 15 is 0 Å². The van der Waals surface area contributed by atoms with Crippen LogP contribution in [0.5, 0.6) is 0 Å². The van der Waals surface area contributed by atoms with Gasteiger partial charge in [-0.3, -0.25) is 9.89 Å². The summed E-state index contributed by atoms with van der Waals surface area (Å²) in [4.78, 5) is 16.3. The number of aromatic amines is 1. The molecule has 8 nitrogen and oxygen atoms in total. The average molecular weight is 520 g/mol. The lowest BCUT2D eigenvalue weighted by atomic mass is 10.1. The molecule has 10 heteroatoms. The standard InChI is InChI=1S/C26H22ClN5O3S/c27-20-11-12-23-22(15-20)24(31-30-23)16-28-36(34,35)25-5-3-4-21(29-25)14-18-7-9-19(10-8-18)17-32-13-2-1-6-26(32)33/h1-13,15,28H,14,16-17H2,(H,30,31). The van der Waals surface area contributed by atoms with Crippen LogP contribution in [-0.2, 0) is 29.5 Å². The normalized spacial score (nSPS) is 11.7. The molecule has 0 aliphatic rings. The summed E-state index contributed by atoms with van der Waals surface area (Å²) in [7, 11) is -3.86. The van der Waals surface area contributed by atoms with Crippen molar-refractivity contribution < 1.29 is 8.42 Å². The van der Waals surface area contributed by atoms with E-state index in [4.69, 9.17) is 11.6 Å². The first-order chi connectivity index (χ1) is 17.4. The zero-order valence-electron chi connectivity index (χ0n) is 19.1. The van der Waals surface area contributed by atoms with Crippen LogP contribution in [0.3, 0.4) is 0 Å². The quantitative estimate of drug-likeness (QED) is 0.323. The van der Waals surface area contributed by atoms with E-state index in [1.54, 1.807) is 47.2 Å². The highest BCUT2D eigenvalue weighted by Crippen LogP contribution is 2.21. The Balaban J connectivity index is 1.27. The van der Waals surface area contributed by atoms with Gasteiger partial charge in [-0.25, -0.2) is 18.1 Å². The van der Waals surface area contributed by atoms with Gasteiger partial charge in [0.05, 0.1) is 24.3 Å². The van der Waals surface area contributed by atoms with Crippen LogP contribution < -0.4 is 10.3 Å². The van der Waals surface area contributed by atoms with Crippen LogP contribution in [-0.4, -0.2) is 28.2 Å². The minimum Gasteiger partial charge on any atom is -0.311 e. The lowest BCUT2D eigenvalue weighted by Gasteiger charge is -2.09. The number of H-pyrrole nitrogens is 1. The highest BCUT2D eigenvalue weighted by Gasteiger charge is 2.18. The van der Waals surface area contributed by atoms with Crippen molar-refractivity contribution in [3.63, 3.8) is 0 Å². The molecule has 0 fully saturated rings. The zero-order valence-corrected chi connectivity index (χ0v) is 20.6. The fraction of sp³-hybridized carbons (Fsp3) is 0.115. The maximum Gasteiger partial charge on any atom is 0.258 e. The van der Waals surface area contributed by atoms with Crippen LogP contribution in [0.1, 0.15) is 22.5 Å². The summed E-state index contributed by atoms with van der Waals surface area (Å²) < 4.78 is 30.0. The summed E-state index contributed by atoms with van der Waals surface area (Å²) in [6.07, 6.45) is 2.22. The van der Waals surface area contributed by atoms with E-state index in [1.165, 1.54) is 12.1 Å². The van der Waals surface area contributed by atoms with Crippen LogP contribution in [0.25, 0.3) is 10.9 Å². The fourth-order valence-electron chi connectivity index (χ4n) is 3.88. The van der Waals surface area contributed by atoms with Crippen molar-refractivity contribution in [3.05, 3.63) is 123 Å². The van der Waals surface area contributed by atoms with Crippen LogP contribution in [0.15, 0.2) is 94.9 Å². The number of hydrogen-bond donors (Lipinski definition) is 2. The van der Waals surface area contributed by atoms with Crippen LogP contribution in [0, 0.1) is 0 Å². The molecule has 2 N–H and O–H groups in total. The zero-order chi connectivity index (χ0) is 25.1. The van der Waals surface area contributed by atoms with E-state index in [0.717, 1.165) is 22.0 Å². The summed E-state index contributed by atoms with van der Waals surface area (Å²) in [6, 6.07) is 23.1. The molecule has 0 spiro atoms. The number of sulfonamides is 1. The molecule has 5 rings (SSSR count). The minimum absolute atomic E-state index is 0.000541. The van der Waals surface area contributed by atoms with E-state index in [9.17, 15) is 13.2 Å². The summed E-state index contributed by atoms with van der Waals surface area (Å²) in [5, 5.41) is 8.31. The predicted octanol–water partition coefficient (Wildman–Crippen LogP) is 3.89. The lowest BCUT2D eigenvalue weighted by molar-refractivity contribution is 0.576. The van der Waals surface area contributed by atoms with E-state index in [1.807, 2.05) is 30.3 Å². The van der Waals surface area contributed by atoms with Crippen molar-refractivity contribution in [1.29, 1.82) is 0 Å². The summed E-state index contributed by atoms with van der Waals surface area (Å²) >= 11 is 6.06. The summed E-state index contributed by atoms with van der Waals surface area (Å²) in [5.74, 6) is 0. The van der Waals surface area contributed by atoms with E-state index < -0.39 is 10.0 Å². The number of fused-ring (bicyclic) bond motifs is 1. The van der Waals surface area contributed by atoms with Gasteiger partial charge in [-0.2, -0.15) is 5.10 Å². The van der Waals surface area contributed by atoms with Gasteiger partial charge in [0.1, 0.15) is 0 Å². The first-order valence-electron chi connectivity index (χ1n) is 11.2. The molecule has 5 aromatic rings. The van der Waals surface area contributed by atoms with E-state index in [0.29, 0.717) is 29.4 Å². The Labute approximate surface area is 212 Å². The van der Waals surface area contributed by atoms with Crippen molar-refractivity contribution >= 4 is 32.5 Å². The molecule has 0 amide bonds.